The van der Waals surface area contributed by atoms with Gasteiger partial charge >= 0.3 is 0 Å². The largest absolute Gasteiger partial charge is 0.357 e. The minimum atomic E-state index is 0.576. The lowest BCUT2D eigenvalue weighted by molar-refractivity contribution is 0.252. The second-order valence-electron chi connectivity index (χ2n) is 4.67. The Balaban J connectivity index is 2.05. The number of nitrogen functional groups attached to an aromatic ring is 1. The van der Waals surface area contributed by atoms with Crippen LogP contribution in [0.5, 0.6) is 0 Å². The monoisotopic (exact) mass is 235 g/mol. The number of nitrogens with one attached hydrogen (secondary N) is 1. The maximum atomic E-state index is 5.38. The number of pyridine rings is 1. The maximum Gasteiger partial charge on any atom is 0.142 e. The van der Waals surface area contributed by atoms with E-state index in [-0.39, 0.29) is 0 Å². The number of piperidine rings is 1. The summed E-state index contributed by atoms with van der Waals surface area (Å²) >= 11 is 0. The van der Waals surface area contributed by atoms with Crippen molar-refractivity contribution in [2.45, 2.75) is 18.9 Å². The Labute approximate surface area is 103 Å². The molecular formula is C12H21N5. The average Bonchev–Trinajstić information content (AvgIpc) is 2.39. The highest BCUT2D eigenvalue weighted by atomic mass is 15.3. The standard InChI is InChI=1S/C12H21N5/c1-16-8-6-10(7-9-16)17(2)12-5-3-4-11(14-12)15-13/h3-5,10H,6-9,13H2,1-2H3,(H,14,15). The average molecular weight is 235 g/mol. The molecule has 94 valence electrons. The van der Waals surface area contributed by atoms with Crippen molar-refractivity contribution in [1.82, 2.24) is 9.88 Å². The zero-order valence-corrected chi connectivity index (χ0v) is 10.6. The first-order valence-corrected chi connectivity index (χ1v) is 6.06. The Hall–Kier alpha value is -1.33. The molecule has 0 amide bonds. The van der Waals surface area contributed by atoms with Gasteiger partial charge in [0, 0.05) is 13.1 Å². The number of hydrogen-bond acceptors (Lipinski definition) is 5. The van der Waals surface area contributed by atoms with Crippen molar-refractivity contribution in [3.8, 4) is 0 Å². The van der Waals surface area contributed by atoms with Gasteiger partial charge in [-0.2, -0.15) is 0 Å². The van der Waals surface area contributed by atoms with Crippen molar-refractivity contribution < 1.29 is 0 Å². The zero-order valence-electron chi connectivity index (χ0n) is 10.6. The molecule has 1 saturated heterocycles. The van der Waals surface area contributed by atoms with Crippen LogP contribution in [-0.4, -0.2) is 43.1 Å². The molecule has 2 rings (SSSR count). The van der Waals surface area contributed by atoms with Crippen LogP contribution in [0.3, 0.4) is 0 Å². The summed E-state index contributed by atoms with van der Waals surface area (Å²) in [5.41, 5.74) is 2.59. The molecule has 5 nitrogen and oxygen atoms in total. The number of hydrazine groups is 1. The van der Waals surface area contributed by atoms with Gasteiger partial charge in [0.15, 0.2) is 0 Å². The molecule has 0 radical (unpaired) electrons. The van der Waals surface area contributed by atoms with Crippen LogP contribution < -0.4 is 16.2 Å². The van der Waals surface area contributed by atoms with E-state index < -0.39 is 0 Å². The minimum Gasteiger partial charge on any atom is -0.357 e. The van der Waals surface area contributed by atoms with Crippen molar-refractivity contribution in [3.63, 3.8) is 0 Å². The Morgan fingerprint density at radius 2 is 2.12 bits per heavy atom. The molecule has 0 aliphatic carbocycles. The van der Waals surface area contributed by atoms with Gasteiger partial charge in [0.05, 0.1) is 0 Å². The van der Waals surface area contributed by atoms with Crippen LogP contribution in [0.15, 0.2) is 18.2 Å². The first-order chi connectivity index (χ1) is 8.20. The van der Waals surface area contributed by atoms with Crippen LogP contribution in [0.2, 0.25) is 0 Å². The Bertz CT molecular complexity index is 360. The van der Waals surface area contributed by atoms with Crippen LogP contribution in [0.25, 0.3) is 0 Å². The molecule has 0 bridgehead atoms. The molecule has 1 aliphatic heterocycles. The smallest absolute Gasteiger partial charge is 0.142 e. The van der Waals surface area contributed by atoms with E-state index in [1.807, 2.05) is 18.2 Å². The Morgan fingerprint density at radius 1 is 1.41 bits per heavy atom. The van der Waals surface area contributed by atoms with Gasteiger partial charge in [-0.05, 0) is 45.1 Å². The van der Waals surface area contributed by atoms with Crippen molar-refractivity contribution in [1.29, 1.82) is 0 Å². The lowest BCUT2D eigenvalue weighted by atomic mass is 10.0. The second-order valence-corrected chi connectivity index (χ2v) is 4.67. The zero-order chi connectivity index (χ0) is 12.3. The molecule has 0 spiro atoms. The van der Waals surface area contributed by atoms with Crippen molar-refractivity contribution in [2.75, 3.05) is 37.5 Å². The predicted octanol–water partition coefficient (Wildman–Crippen LogP) is 0.898. The summed E-state index contributed by atoms with van der Waals surface area (Å²) < 4.78 is 0. The molecule has 1 aliphatic rings. The molecule has 1 fully saturated rings. The van der Waals surface area contributed by atoms with E-state index in [1.165, 1.54) is 12.8 Å². The number of aromatic nitrogens is 1. The van der Waals surface area contributed by atoms with Crippen LogP contribution >= 0.6 is 0 Å². The first kappa shape index (κ1) is 12.1. The highest BCUT2D eigenvalue weighted by Gasteiger charge is 2.21. The third-order valence-corrected chi connectivity index (χ3v) is 3.48. The van der Waals surface area contributed by atoms with Crippen molar-refractivity contribution >= 4 is 11.6 Å². The lowest BCUT2D eigenvalue weighted by Crippen LogP contribution is -2.42. The number of hydrogen-bond donors (Lipinski definition) is 2. The third kappa shape index (κ3) is 2.87. The number of likely N-dealkylation sites (tertiary alicyclic amines) is 1. The number of rotatable bonds is 3. The van der Waals surface area contributed by atoms with Crippen LogP contribution in [0, 0.1) is 0 Å². The second kappa shape index (κ2) is 5.33. The molecule has 1 aromatic rings. The summed E-state index contributed by atoms with van der Waals surface area (Å²) in [4.78, 5) is 9.09. The van der Waals surface area contributed by atoms with Gasteiger partial charge in [0.2, 0.25) is 0 Å². The summed E-state index contributed by atoms with van der Waals surface area (Å²) in [6.07, 6.45) is 2.38. The number of nitrogens with zero attached hydrogens (tertiary/aromatic N) is 3. The van der Waals surface area contributed by atoms with Crippen molar-refractivity contribution in [3.05, 3.63) is 18.2 Å². The fourth-order valence-corrected chi connectivity index (χ4v) is 2.27. The lowest BCUT2D eigenvalue weighted by Gasteiger charge is -2.35. The highest BCUT2D eigenvalue weighted by molar-refractivity contribution is 5.46. The third-order valence-electron chi connectivity index (χ3n) is 3.48. The van der Waals surface area contributed by atoms with E-state index in [2.05, 4.69) is 34.3 Å². The summed E-state index contributed by atoms with van der Waals surface area (Å²) in [6, 6.07) is 6.44. The van der Waals surface area contributed by atoms with E-state index in [0.717, 1.165) is 18.9 Å². The molecule has 0 aromatic carbocycles. The first-order valence-electron chi connectivity index (χ1n) is 6.06. The van der Waals surface area contributed by atoms with Gasteiger partial charge in [-0.1, -0.05) is 6.07 Å². The summed E-state index contributed by atoms with van der Waals surface area (Å²) in [7, 11) is 4.28. The number of anilines is 2. The molecule has 5 heteroatoms. The molecule has 0 unspecified atom stereocenters. The fourth-order valence-electron chi connectivity index (χ4n) is 2.27. The van der Waals surface area contributed by atoms with Gasteiger partial charge in [0.1, 0.15) is 11.6 Å². The van der Waals surface area contributed by atoms with E-state index >= 15 is 0 Å². The Kier molecular flexibility index (Phi) is 3.81. The van der Waals surface area contributed by atoms with Gasteiger partial charge in [-0.15, -0.1) is 0 Å². The van der Waals surface area contributed by atoms with Crippen LogP contribution in [0.4, 0.5) is 11.6 Å². The molecule has 0 atom stereocenters. The molecule has 2 heterocycles. The fraction of sp³-hybridized carbons (Fsp3) is 0.583. The van der Waals surface area contributed by atoms with Crippen LogP contribution in [0.1, 0.15) is 12.8 Å². The summed E-state index contributed by atoms with van der Waals surface area (Å²) in [5, 5.41) is 0. The maximum absolute atomic E-state index is 5.38. The molecule has 17 heavy (non-hydrogen) atoms. The SMILES string of the molecule is CN1CCC(N(C)c2cccc(NN)n2)CC1. The summed E-state index contributed by atoms with van der Waals surface area (Å²) in [5.74, 6) is 7.07. The van der Waals surface area contributed by atoms with E-state index in [0.29, 0.717) is 11.9 Å². The highest BCUT2D eigenvalue weighted by Crippen LogP contribution is 2.20. The molecular weight excluding hydrogens is 214 g/mol. The number of nitrogens with two attached hydrogens (primary N) is 1. The topological polar surface area (TPSA) is 57.4 Å². The molecule has 3 N–H and O–H groups in total. The van der Waals surface area contributed by atoms with E-state index in [4.69, 9.17) is 5.84 Å². The quantitative estimate of drug-likeness (QED) is 0.602. The normalized spacial score (nSPS) is 18.1. The van der Waals surface area contributed by atoms with E-state index in [1.54, 1.807) is 0 Å². The van der Waals surface area contributed by atoms with Crippen molar-refractivity contribution in [2.24, 2.45) is 5.84 Å². The molecule has 0 saturated carbocycles. The molecule has 1 aromatic heterocycles. The van der Waals surface area contributed by atoms with Gasteiger partial charge < -0.3 is 15.2 Å². The van der Waals surface area contributed by atoms with Crippen LogP contribution in [-0.2, 0) is 0 Å². The Morgan fingerprint density at radius 3 is 2.76 bits per heavy atom. The predicted molar refractivity (Wildman–Crippen MR) is 71.0 cm³/mol. The van der Waals surface area contributed by atoms with Gasteiger partial charge in [0.25, 0.3) is 0 Å². The minimum absolute atomic E-state index is 0.576. The van der Waals surface area contributed by atoms with Gasteiger partial charge in [-0.25, -0.2) is 10.8 Å². The summed E-state index contributed by atoms with van der Waals surface area (Å²) in [6.45, 7) is 2.31. The van der Waals surface area contributed by atoms with Gasteiger partial charge in [-0.3, -0.25) is 0 Å². The van der Waals surface area contributed by atoms with E-state index in [9.17, 15) is 0 Å².